The average molecular weight is 551 g/mol. The summed E-state index contributed by atoms with van der Waals surface area (Å²) in [5.74, 6) is 2.39. The van der Waals surface area contributed by atoms with Gasteiger partial charge in [-0.25, -0.2) is 0 Å². The number of allylic oxidation sites excluding steroid dienone is 4. The first kappa shape index (κ1) is 24.2. The Labute approximate surface area is 189 Å². The minimum atomic E-state index is -0.173. The number of rotatable bonds is 6. The number of hydrogen-bond acceptors (Lipinski definition) is 1. The van der Waals surface area contributed by atoms with E-state index < -0.39 is 0 Å². The van der Waals surface area contributed by atoms with Crippen molar-refractivity contribution in [3.63, 3.8) is 0 Å². The first-order valence-electron chi connectivity index (χ1n) is 11.5. The molecule has 0 saturated heterocycles. The maximum atomic E-state index is 9.99. The van der Waals surface area contributed by atoms with Crippen LogP contribution in [0.1, 0.15) is 91.4 Å². The van der Waals surface area contributed by atoms with E-state index in [0.717, 1.165) is 37.0 Å². The van der Waals surface area contributed by atoms with Crippen LogP contribution in [-0.4, -0.2) is 11.2 Å². The smallest absolute Gasteiger partial charge is 0.0583 e. The van der Waals surface area contributed by atoms with Crippen molar-refractivity contribution in [2.75, 3.05) is 0 Å². The summed E-state index contributed by atoms with van der Waals surface area (Å²) in [6, 6.07) is 0. The molecule has 0 spiro atoms. The van der Waals surface area contributed by atoms with Gasteiger partial charge >= 0.3 is 0 Å². The van der Waals surface area contributed by atoms with Gasteiger partial charge in [-0.05, 0) is 62.4 Å². The molecule has 3 saturated carbocycles. The first-order chi connectivity index (χ1) is 12.9. The Kier molecular flexibility index (Phi) is 9.33. The third-order valence-corrected chi connectivity index (χ3v) is 7.66. The maximum absolute atomic E-state index is 9.99. The van der Waals surface area contributed by atoms with Crippen molar-refractivity contribution < 1.29 is 27.5 Å². The summed E-state index contributed by atoms with van der Waals surface area (Å²) >= 11 is 0. The molecule has 3 aliphatic carbocycles. The van der Waals surface area contributed by atoms with E-state index in [9.17, 15) is 5.11 Å². The van der Waals surface area contributed by atoms with Crippen molar-refractivity contribution in [1.82, 2.24) is 0 Å². The molecule has 0 aromatic heterocycles. The largest absolute Gasteiger partial charge is 0.393 e. The van der Waals surface area contributed by atoms with Crippen LogP contribution in [-0.2, 0) is 22.4 Å². The molecule has 0 unspecified atom stereocenters. The zero-order valence-corrected chi connectivity index (χ0v) is 21.6. The van der Waals surface area contributed by atoms with Gasteiger partial charge in [0.2, 0.25) is 0 Å². The average Bonchev–Trinajstić information content (AvgIpc) is 2.96. The van der Waals surface area contributed by atoms with Gasteiger partial charge in [-0.1, -0.05) is 75.3 Å². The summed E-state index contributed by atoms with van der Waals surface area (Å²) in [6.07, 6.45) is 20.6. The van der Waals surface area contributed by atoms with Gasteiger partial charge in [-0.3, -0.25) is 0 Å². The van der Waals surface area contributed by atoms with Gasteiger partial charge in [0, 0.05) is 22.4 Å². The molecule has 4 atom stereocenters. The summed E-state index contributed by atoms with van der Waals surface area (Å²) in [5.41, 5.74) is 4.66. The standard InChI is InChI=1S/C26H41O.Ta/c1-19(2)8-5-6-10-23-14-16-25-21(9-7-17-26(23,25)4)12-13-22-18-24(27)15-11-20(22)3;/h10,12-13,19,23-25,27H,3,5-9,11,14-18H2,1-2,4H3;/q-1;/b21-12+,22-13-;/t23-,24-,25-,26+;/m0./s1. The number of aliphatic hydroxyl groups excluding tert-OH is 1. The van der Waals surface area contributed by atoms with Crippen molar-refractivity contribution in [2.24, 2.45) is 23.2 Å². The van der Waals surface area contributed by atoms with Crippen LogP contribution in [0.5, 0.6) is 0 Å². The molecule has 2 heteroatoms. The van der Waals surface area contributed by atoms with E-state index in [0.29, 0.717) is 5.41 Å². The predicted molar refractivity (Wildman–Crippen MR) is 116 cm³/mol. The van der Waals surface area contributed by atoms with Gasteiger partial charge in [0.25, 0.3) is 0 Å². The Morgan fingerprint density at radius 3 is 2.75 bits per heavy atom. The molecule has 0 aliphatic heterocycles. The van der Waals surface area contributed by atoms with Gasteiger partial charge < -0.3 is 11.5 Å². The molecule has 0 aromatic rings. The normalized spacial score (nSPS) is 36.0. The van der Waals surface area contributed by atoms with Crippen LogP contribution >= 0.6 is 0 Å². The summed E-state index contributed by atoms with van der Waals surface area (Å²) in [7, 11) is 0. The number of hydrogen-bond donors (Lipinski definition) is 1. The molecule has 28 heavy (non-hydrogen) atoms. The van der Waals surface area contributed by atoms with Crippen LogP contribution in [0, 0.1) is 29.6 Å². The van der Waals surface area contributed by atoms with Crippen LogP contribution in [0.2, 0.25) is 0 Å². The quantitative estimate of drug-likeness (QED) is 0.274. The minimum absolute atomic E-state index is 0. The molecule has 0 aromatic carbocycles. The van der Waals surface area contributed by atoms with E-state index in [4.69, 9.17) is 0 Å². The van der Waals surface area contributed by atoms with E-state index >= 15 is 0 Å². The number of fused-ring (bicyclic) bond motifs is 1. The Balaban J connectivity index is 0.00000280. The van der Waals surface area contributed by atoms with E-state index in [-0.39, 0.29) is 28.5 Å². The van der Waals surface area contributed by atoms with E-state index in [2.05, 4.69) is 45.9 Å². The number of unbranched alkanes of at least 4 members (excludes halogenated alkanes) is 1. The van der Waals surface area contributed by atoms with Crippen LogP contribution in [0.3, 0.4) is 0 Å². The predicted octanol–water partition coefficient (Wildman–Crippen LogP) is 7.18. The van der Waals surface area contributed by atoms with E-state index in [1.807, 2.05) is 0 Å². The molecular weight excluding hydrogens is 509 g/mol. The minimum Gasteiger partial charge on any atom is -0.393 e. The fourth-order valence-electron chi connectivity index (χ4n) is 5.91. The fraction of sp³-hybridized carbons (Fsp3) is 0.731. The molecule has 157 valence electrons. The van der Waals surface area contributed by atoms with Crippen molar-refractivity contribution in [2.45, 2.75) is 97.5 Å². The maximum Gasteiger partial charge on any atom is 0.0583 e. The topological polar surface area (TPSA) is 20.2 Å². The third kappa shape index (κ3) is 5.75. The second-order valence-electron chi connectivity index (χ2n) is 10.1. The van der Waals surface area contributed by atoms with Crippen LogP contribution in [0.15, 0.2) is 35.5 Å². The number of aliphatic hydroxyl groups is 1. The first-order valence-corrected chi connectivity index (χ1v) is 11.5. The van der Waals surface area contributed by atoms with Gasteiger partial charge in [0.1, 0.15) is 0 Å². The van der Waals surface area contributed by atoms with Gasteiger partial charge in [-0.2, -0.15) is 12.3 Å². The molecule has 1 radical (unpaired) electrons. The zero-order chi connectivity index (χ0) is 19.4. The van der Waals surface area contributed by atoms with Crippen molar-refractivity contribution in [1.29, 1.82) is 0 Å². The summed E-state index contributed by atoms with van der Waals surface area (Å²) in [4.78, 5) is 0. The zero-order valence-electron chi connectivity index (χ0n) is 18.4. The van der Waals surface area contributed by atoms with E-state index in [1.165, 1.54) is 62.5 Å². The van der Waals surface area contributed by atoms with Crippen molar-refractivity contribution in [3.8, 4) is 0 Å². The summed E-state index contributed by atoms with van der Waals surface area (Å²) < 4.78 is 0. The Hall–Kier alpha value is -0.0797. The van der Waals surface area contributed by atoms with Crippen LogP contribution < -0.4 is 0 Å². The fourth-order valence-corrected chi connectivity index (χ4v) is 5.91. The molecule has 1 nitrogen and oxygen atoms in total. The SMILES string of the molecule is C=C1CC[C@H](O)C/C1=C/C=C1\CCC[C@]2(C)[C@@H]([CH-]CCCC(C)C)CC[C@@H]12.[Ta]. The molecule has 3 rings (SSSR count). The van der Waals surface area contributed by atoms with Crippen molar-refractivity contribution >= 4 is 0 Å². The monoisotopic (exact) mass is 550 g/mol. The van der Waals surface area contributed by atoms with Gasteiger partial charge in [0.05, 0.1) is 6.10 Å². The molecule has 0 bridgehead atoms. The molecule has 3 fully saturated rings. The molecular formula is C26H41OTa-. The molecule has 3 aliphatic rings. The third-order valence-electron chi connectivity index (χ3n) is 7.66. The second kappa shape index (κ2) is 10.8. The van der Waals surface area contributed by atoms with Crippen molar-refractivity contribution in [3.05, 3.63) is 41.9 Å². The summed E-state index contributed by atoms with van der Waals surface area (Å²) in [5, 5.41) is 9.99. The van der Waals surface area contributed by atoms with E-state index in [1.54, 1.807) is 5.57 Å². The van der Waals surface area contributed by atoms with Crippen LogP contribution in [0.25, 0.3) is 0 Å². The molecule has 0 amide bonds. The van der Waals surface area contributed by atoms with Gasteiger partial charge in [-0.15, -0.1) is 0 Å². The second-order valence-corrected chi connectivity index (χ2v) is 10.1. The Bertz CT molecular complexity index is 587. The summed E-state index contributed by atoms with van der Waals surface area (Å²) in [6.45, 7) is 11.5. The van der Waals surface area contributed by atoms with Gasteiger partial charge in [0.15, 0.2) is 0 Å². The Morgan fingerprint density at radius 2 is 2.00 bits per heavy atom. The molecule has 0 heterocycles. The van der Waals surface area contributed by atoms with Crippen LogP contribution in [0.4, 0.5) is 0 Å². The Morgan fingerprint density at radius 1 is 1.21 bits per heavy atom. The molecule has 1 N–H and O–H groups in total.